The minimum atomic E-state index is -0.0997. The molecule has 0 aromatic heterocycles. The molecule has 2 fully saturated rings. The summed E-state index contributed by atoms with van der Waals surface area (Å²) in [5.41, 5.74) is -0.193. The maximum Gasteiger partial charge on any atom is 0.0645 e. The van der Waals surface area contributed by atoms with Crippen LogP contribution in [0.1, 0.15) is 39.5 Å². The number of ether oxygens (including phenoxy) is 1. The van der Waals surface area contributed by atoms with E-state index in [0.717, 1.165) is 31.9 Å². The van der Waals surface area contributed by atoms with Crippen LogP contribution < -0.4 is 5.32 Å². The van der Waals surface area contributed by atoms with E-state index in [1.807, 2.05) is 0 Å². The highest BCUT2D eigenvalue weighted by Gasteiger charge is 2.41. The molecule has 3 heteroatoms. The van der Waals surface area contributed by atoms with Crippen molar-refractivity contribution in [3.63, 3.8) is 0 Å². The van der Waals surface area contributed by atoms with Gasteiger partial charge in [0.15, 0.2) is 0 Å². The summed E-state index contributed by atoms with van der Waals surface area (Å²) in [4.78, 5) is 0. The lowest BCUT2D eigenvalue weighted by atomic mass is 9.81. The summed E-state index contributed by atoms with van der Waals surface area (Å²) in [6, 6.07) is 0. The number of hydrogen-bond acceptors (Lipinski definition) is 3. The van der Waals surface area contributed by atoms with Crippen molar-refractivity contribution in [1.82, 2.24) is 5.32 Å². The second kappa shape index (κ2) is 4.04. The second-order valence-corrected chi connectivity index (χ2v) is 5.80. The monoisotopic (exact) mass is 213 g/mol. The highest BCUT2D eigenvalue weighted by molar-refractivity contribution is 4.97. The van der Waals surface area contributed by atoms with Crippen LogP contribution in [0.25, 0.3) is 0 Å². The van der Waals surface area contributed by atoms with Gasteiger partial charge in [0.1, 0.15) is 0 Å². The van der Waals surface area contributed by atoms with Gasteiger partial charge < -0.3 is 15.2 Å². The minimum Gasteiger partial charge on any atom is -0.394 e. The van der Waals surface area contributed by atoms with Crippen molar-refractivity contribution in [2.75, 3.05) is 19.8 Å². The highest BCUT2D eigenvalue weighted by Crippen LogP contribution is 2.34. The lowest BCUT2D eigenvalue weighted by molar-refractivity contribution is -0.0981. The van der Waals surface area contributed by atoms with Crippen LogP contribution in [-0.4, -0.2) is 36.0 Å². The fourth-order valence-electron chi connectivity index (χ4n) is 2.50. The first kappa shape index (κ1) is 11.4. The molecule has 1 atom stereocenters. The van der Waals surface area contributed by atoms with Gasteiger partial charge in [0.05, 0.1) is 12.2 Å². The summed E-state index contributed by atoms with van der Waals surface area (Å²) < 4.78 is 5.69. The fourth-order valence-corrected chi connectivity index (χ4v) is 2.50. The molecular formula is C12H23NO2. The molecule has 1 saturated carbocycles. The Balaban J connectivity index is 1.92. The molecule has 88 valence electrons. The van der Waals surface area contributed by atoms with E-state index in [1.54, 1.807) is 0 Å². The van der Waals surface area contributed by atoms with Crippen LogP contribution in [0.5, 0.6) is 0 Å². The highest BCUT2D eigenvalue weighted by atomic mass is 16.5. The van der Waals surface area contributed by atoms with Gasteiger partial charge in [0, 0.05) is 12.1 Å². The first-order valence-corrected chi connectivity index (χ1v) is 6.05. The molecular weight excluding hydrogens is 190 g/mol. The molecule has 0 aromatic carbocycles. The molecule has 1 unspecified atom stereocenters. The molecule has 0 bridgehead atoms. The van der Waals surface area contributed by atoms with Gasteiger partial charge in [-0.05, 0) is 52.0 Å². The molecule has 1 aliphatic heterocycles. The van der Waals surface area contributed by atoms with E-state index < -0.39 is 0 Å². The van der Waals surface area contributed by atoms with E-state index in [0.29, 0.717) is 0 Å². The van der Waals surface area contributed by atoms with Gasteiger partial charge in [0.25, 0.3) is 0 Å². The summed E-state index contributed by atoms with van der Waals surface area (Å²) in [6.07, 6.45) is 4.55. The van der Waals surface area contributed by atoms with Crippen LogP contribution in [0.3, 0.4) is 0 Å². The molecule has 0 aromatic rings. The summed E-state index contributed by atoms with van der Waals surface area (Å²) in [5.74, 6) is 0.861. The molecule has 0 radical (unpaired) electrons. The number of aliphatic hydroxyl groups excluding tert-OH is 1. The molecule has 3 nitrogen and oxygen atoms in total. The van der Waals surface area contributed by atoms with E-state index in [9.17, 15) is 5.11 Å². The fraction of sp³-hybridized carbons (Fsp3) is 1.00. The largest absolute Gasteiger partial charge is 0.394 e. The van der Waals surface area contributed by atoms with Gasteiger partial charge in [-0.25, -0.2) is 0 Å². The van der Waals surface area contributed by atoms with E-state index in [4.69, 9.17) is 4.74 Å². The topological polar surface area (TPSA) is 41.5 Å². The summed E-state index contributed by atoms with van der Waals surface area (Å²) >= 11 is 0. The van der Waals surface area contributed by atoms with Crippen molar-refractivity contribution < 1.29 is 9.84 Å². The molecule has 1 aliphatic carbocycles. The molecule has 15 heavy (non-hydrogen) atoms. The Hall–Kier alpha value is -0.120. The Morgan fingerprint density at radius 2 is 2.13 bits per heavy atom. The molecule has 0 spiro atoms. The van der Waals surface area contributed by atoms with E-state index in [-0.39, 0.29) is 17.7 Å². The third-order valence-electron chi connectivity index (χ3n) is 3.60. The number of nitrogens with one attached hydrogen (secondary N) is 1. The Bertz CT molecular complexity index is 226. The van der Waals surface area contributed by atoms with Crippen LogP contribution in [0, 0.1) is 5.92 Å². The molecule has 1 saturated heterocycles. The zero-order valence-corrected chi connectivity index (χ0v) is 9.88. The predicted octanol–water partition coefficient (Wildman–Crippen LogP) is 1.31. The van der Waals surface area contributed by atoms with Crippen molar-refractivity contribution in [3.05, 3.63) is 0 Å². The zero-order chi connectivity index (χ0) is 10.9. The molecule has 0 amide bonds. The van der Waals surface area contributed by atoms with Crippen LogP contribution in [0.15, 0.2) is 0 Å². The summed E-state index contributed by atoms with van der Waals surface area (Å²) in [5, 5.41) is 13.2. The molecule has 2 N–H and O–H groups in total. The van der Waals surface area contributed by atoms with Crippen LogP contribution in [-0.2, 0) is 4.74 Å². The van der Waals surface area contributed by atoms with Crippen molar-refractivity contribution in [1.29, 1.82) is 0 Å². The Morgan fingerprint density at radius 1 is 1.40 bits per heavy atom. The average Bonchev–Trinajstić information content (AvgIpc) is 2.97. The molecule has 2 rings (SSSR count). The Labute approximate surface area is 92.2 Å². The average molecular weight is 213 g/mol. The maximum atomic E-state index is 9.59. The number of hydrogen-bond donors (Lipinski definition) is 2. The third kappa shape index (κ3) is 2.92. The third-order valence-corrected chi connectivity index (χ3v) is 3.60. The Morgan fingerprint density at radius 3 is 2.67 bits per heavy atom. The molecule has 1 heterocycles. The lowest BCUT2D eigenvalue weighted by Crippen LogP contribution is -2.57. The lowest BCUT2D eigenvalue weighted by Gasteiger charge is -2.44. The summed E-state index contributed by atoms with van der Waals surface area (Å²) in [7, 11) is 0. The van der Waals surface area contributed by atoms with Gasteiger partial charge in [-0.1, -0.05) is 0 Å². The van der Waals surface area contributed by atoms with Gasteiger partial charge >= 0.3 is 0 Å². The van der Waals surface area contributed by atoms with E-state index >= 15 is 0 Å². The van der Waals surface area contributed by atoms with Crippen LogP contribution in [0.4, 0.5) is 0 Å². The van der Waals surface area contributed by atoms with Crippen molar-refractivity contribution in [2.24, 2.45) is 5.92 Å². The Kier molecular flexibility index (Phi) is 3.06. The second-order valence-electron chi connectivity index (χ2n) is 5.80. The SMILES string of the molecule is CC1(C)CC(CO)(NCC2CC2)CCO1. The van der Waals surface area contributed by atoms with E-state index in [2.05, 4.69) is 19.2 Å². The van der Waals surface area contributed by atoms with Crippen LogP contribution in [0.2, 0.25) is 0 Å². The van der Waals surface area contributed by atoms with E-state index in [1.165, 1.54) is 12.8 Å². The smallest absolute Gasteiger partial charge is 0.0645 e. The zero-order valence-electron chi connectivity index (χ0n) is 9.88. The van der Waals surface area contributed by atoms with Crippen molar-refractivity contribution in [2.45, 2.75) is 50.7 Å². The quantitative estimate of drug-likeness (QED) is 0.740. The maximum absolute atomic E-state index is 9.59. The van der Waals surface area contributed by atoms with Gasteiger partial charge in [-0.3, -0.25) is 0 Å². The van der Waals surface area contributed by atoms with Crippen molar-refractivity contribution in [3.8, 4) is 0 Å². The van der Waals surface area contributed by atoms with Gasteiger partial charge in [0.2, 0.25) is 0 Å². The normalized spacial score (nSPS) is 35.4. The van der Waals surface area contributed by atoms with Gasteiger partial charge in [-0.15, -0.1) is 0 Å². The number of aliphatic hydroxyl groups is 1. The number of rotatable bonds is 4. The molecule has 2 aliphatic rings. The standard InChI is InChI=1S/C12H23NO2/c1-11(2)8-12(9-14,5-6-15-11)13-7-10-3-4-10/h10,13-14H,3-9H2,1-2H3. The summed E-state index contributed by atoms with van der Waals surface area (Å²) in [6.45, 7) is 6.26. The van der Waals surface area contributed by atoms with Crippen LogP contribution >= 0.6 is 0 Å². The van der Waals surface area contributed by atoms with Crippen molar-refractivity contribution >= 4 is 0 Å². The predicted molar refractivity (Wildman–Crippen MR) is 59.8 cm³/mol. The first-order chi connectivity index (χ1) is 7.05. The minimum absolute atomic E-state index is 0.0929. The van der Waals surface area contributed by atoms with Gasteiger partial charge in [-0.2, -0.15) is 0 Å². The first-order valence-electron chi connectivity index (χ1n) is 6.05.